The Balaban J connectivity index is 1.35. The lowest BCUT2D eigenvalue weighted by Gasteiger charge is -2.08. The number of hydrogen-bond acceptors (Lipinski definition) is 5. The van der Waals surface area contributed by atoms with Gasteiger partial charge in [-0.05, 0) is 59.7 Å². The Morgan fingerprint density at radius 2 is 1.44 bits per heavy atom. The molecule has 5 rings (SSSR count). The molecule has 0 fully saturated rings. The van der Waals surface area contributed by atoms with E-state index in [0.29, 0.717) is 16.7 Å². The standard InChI is InChI=1S/C28H17BrO5/c29-21-10-6-20(7-11-21)28(31)34-23-14-15-24-25(16-23)32-17-26(27(24)30)33-22-12-8-19(9-13-22)18-4-2-1-3-5-18/h1-17H. The highest BCUT2D eigenvalue weighted by atomic mass is 79.9. The van der Waals surface area contributed by atoms with Crippen LogP contribution < -0.4 is 14.9 Å². The van der Waals surface area contributed by atoms with E-state index in [1.807, 2.05) is 42.5 Å². The first kappa shape index (κ1) is 21.7. The largest absolute Gasteiger partial charge is 0.460 e. The SMILES string of the molecule is O=C(Oc1ccc2c(=O)c(Oc3ccc(-c4ccccc4)cc3)coc2c1)c1ccc(Br)cc1. The van der Waals surface area contributed by atoms with Crippen LogP contribution >= 0.6 is 15.9 Å². The van der Waals surface area contributed by atoms with E-state index in [4.69, 9.17) is 13.9 Å². The highest BCUT2D eigenvalue weighted by Gasteiger charge is 2.13. The van der Waals surface area contributed by atoms with Gasteiger partial charge in [0.2, 0.25) is 11.2 Å². The van der Waals surface area contributed by atoms with Gasteiger partial charge in [-0.15, -0.1) is 0 Å². The number of hydrogen-bond donors (Lipinski definition) is 0. The summed E-state index contributed by atoms with van der Waals surface area (Å²) in [4.78, 5) is 25.3. The third kappa shape index (κ3) is 4.63. The van der Waals surface area contributed by atoms with Gasteiger partial charge in [0.05, 0.1) is 10.9 Å². The molecule has 1 aromatic heterocycles. The smallest absolute Gasteiger partial charge is 0.343 e. The summed E-state index contributed by atoms with van der Waals surface area (Å²) < 4.78 is 17.7. The van der Waals surface area contributed by atoms with Crippen LogP contribution in [-0.2, 0) is 0 Å². The van der Waals surface area contributed by atoms with E-state index < -0.39 is 5.97 Å². The first-order valence-electron chi connectivity index (χ1n) is 10.4. The molecule has 0 aliphatic heterocycles. The topological polar surface area (TPSA) is 65.7 Å². The van der Waals surface area contributed by atoms with Crippen molar-refractivity contribution >= 4 is 32.9 Å². The van der Waals surface area contributed by atoms with E-state index in [-0.39, 0.29) is 22.5 Å². The fraction of sp³-hybridized carbons (Fsp3) is 0. The molecule has 166 valence electrons. The molecule has 0 aliphatic rings. The van der Waals surface area contributed by atoms with Crippen molar-refractivity contribution in [3.05, 3.63) is 124 Å². The predicted molar refractivity (Wildman–Crippen MR) is 134 cm³/mol. The van der Waals surface area contributed by atoms with Crippen molar-refractivity contribution < 1.29 is 18.7 Å². The molecule has 5 nitrogen and oxygen atoms in total. The molecule has 0 amide bonds. The Hall–Kier alpha value is -4.16. The second-order valence-corrected chi connectivity index (χ2v) is 8.39. The summed E-state index contributed by atoms with van der Waals surface area (Å²) in [5.74, 6) is 0.354. The van der Waals surface area contributed by atoms with Crippen molar-refractivity contribution in [2.24, 2.45) is 0 Å². The van der Waals surface area contributed by atoms with Crippen LogP contribution in [0.2, 0.25) is 0 Å². The zero-order valence-electron chi connectivity index (χ0n) is 17.7. The molecular weight excluding hydrogens is 496 g/mol. The fourth-order valence-electron chi connectivity index (χ4n) is 3.45. The van der Waals surface area contributed by atoms with Gasteiger partial charge in [-0.25, -0.2) is 4.79 Å². The monoisotopic (exact) mass is 512 g/mol. The molecule has 5 aromatic rings. The van der Waals surface area contributed by atoms with Gasteiger partial charge in [-0.1, -0.05) is 58.4 Å². The number of rotatable bonds is 5. The predicted octanol–water partition coefficient (Wildman–Crippen LogP) is 7.23. The number of carbonyl (C=O) groups is 1. The highest BCUT2D eigenvalue weighted by molar-refractivity contribution is 9.10. The van der Waals surface area contributed by atoms with E-state index >= 15 is 0 Å². The summed E-state index contributed by atoms with van der Waals surface area (Å²) in [5.41, 5.74) is 2.52. The molecule has 0 spiro atoms. The van der Waals surface area contributed by atoms with Gasteiger partial charge in [0, 0.05) is 10.5 Å². The van der Waals surface area contributed by atoms with E-state index in [1.165, 1.54) is 12.3 Å². The normalized spacial score (nSPS) is 10.7. The van der Waals surface area contributed by atoms with E-state index in [2.05, 4.69) is 15.9 Å². The molecule has 34 heavy (non-hydrogen) atoms. The Morgan fingerprint density at radius 1 is 0.765 bits per heavy atom. The Bertz CT molecular complexity index is 1520. The van der Waals surface area contributed by atoms with Gasteiger partial charge >= 0.3 is 5.97 Å². The molecule has 0 atom stereocenters. The van der Waals surface area contributed by atoms with Crippen molar-refractivity contribution in [1.29, 1.82) is 0 Å². The zero-order valence-corrected chi connectivity index (χ0v) is 19.3. The lowest BCUT2D eigenvalue weighted by atomic mass is 10.1. The summed E-state index contributed by atoms with van der Waals surface area (Å²) in [6, 6.07) is 28.9. The summed E-state index contributed by atoms with van der Waals surface area (Å²) >= 11 is 3.33. The summed E-state index contributed by atoms with van der Waals surface area (Å²) in [5, 5.41) is 0.321. The third-order valence-corrected chi connectivity index (χ3v) is 5.72. The van der Waals surface area contributed by atoms with Crippen molar-refractivity contribution in [3.8, 4) is 28.4 Å². The second kappa shape index (κ2) is 9.37. The van der Waals surface area contributed by atoms with E-state index in [0.717, 1.165) is 15.6 Å². The number of esters is 1. The van der Waals surface area contributed by atoms with Gasteiger partial charge in [-0.3, -0.25) is 4.79 Å². The van der Waals surface area contributed by atoms with Gasteiger partial charge < -0.3 is 13.9 Å². The minimum atomic E-state index is -0.506. The highest BCUT2D eigenvalue weighted by Crippen LogP contribution is 2.27. The van der Waals surface area contributed by atoms with Crippen LogP contribution in [0, 0.1) is 0 Å². The number of benzene rings is 4. The minimum Gasteiger partial charge on any atom is -0.460 e. The maximum atomic E-state index is 12.9. The molecule has 4 aromatic carbocycles. The first-order valence-corrected chi connectivity index (χ1v) is 11.2. The molecule has 0 saturated carbocycles. The van der Waals surface area contributed by atoms with Crippen molar-refractivity contribution in [3.63, 3.8) is 0 Å². The number of halogens is 1. The van der Waals surface area contributed by atoms with Crippen LogP contribution in [0.5, 0.6) is 17.2 Å². The lowest BCUT2D eigenvalue weighted by molar-refractivity contribution is 0.0735. The molecule has 6 heteroatoms. The van der Waals surface area contributed by atoms with Crippen LogP contribution in [0.15, 0.2) is 117 Å². The van der Waals surface area contributed by atoms with Crippen LogP contribution in [0.1, 0.15) is 10.4 Å². The van der Waals surface area contributed by atoms with Crippen molar-refractivity contribution in [1.82, 2.24) is 0 Å². The average Bonchev–Trinajstić information content (AvgIpc) is 2.87. The van der Waals surface area contributed by atoms with E-state index in [9.17, 15) is 9.59 Å². The lowest BCUT2D eigenvalue weighted by Crippen LogP contribution is -2.09. The van der Waals surface area contributed by atoms with Gasteiger partial charge in [0.15, 0.2) is 0 Å². The van der Waals surface area contributed by atoms with Crippen molar-refractivity contribution in [2.75, 3.05) is 0 Å². The van der Waals surface area contributed by atoms with Gasteiger partial charge in [-0.2, -0.15) is 0 Å². The Labute approximate surface area is 203 Å². The molecule has 1 heterocycles. The summed E-state index contributed by atoms with van der Waals surface area (Å²) in [6.45, 7) is 0. The Morgan fingerprint density at radius 3 is 2.18 bits per heavy atom. The fourth-order valence-corrected chi connectivity index (χ4v) is 3.71. The molecule has 0 N–H and O–H groups in total. The minimum absolute atomic E-state index is 0.0690. The quantitative estimate of drug-likeness (QED) is 0.183. The molecule has 0 saturated heterocycles. The van der Waals surface area contributed by atoms with E-state index in [1.54, 1.807) is 48.5 Å². The molecule has 0 unspecified atom stereocenters. The summed E-state index contributed by atoms with van der Waals surface area (Å²) in [7, 11) is 0. The number of ether oxygens (including phenoxy) is 2. The first-order chi connectivity index (χ1) is 16.6. The second-order valence-electron chi connectivity index (χ2n) is 7.48. The number of carbonyl (C=O) groups excluding carboxylic acids is 1. The number of fused-ring (bicyclic) bond motifs is 1. The Kier molecular flexibility index (Phi) is 5.97. The maximum Gasteiger partial charge on any atom is 0.343 e. The molecule has 0 aliphatic carbocycles. The van der Waals surface area contributed by atoms with Crippen LogP contribution in [-0.4, -0.2) is 5.97 Å². The van der Waals surface area contributed by atoms with Crippen molar-refractivity contribution in [2.45, 2.75) is 0 Å². The molecule has 0 radical (unpaired) electrons. The van der Waals surface area contributed by atoms with Gasteiger partial charge in [0.25, 0.3) is 0 Å². The van der Waals surface area contributed by atoms with Crippen LogP contribution in [0.3, 0.4) is 0 Å². The zero-order chi connectivity index (χ0) is 23.5. The third-order valence-electron chi connectivity index (χ3n) is 5.19. The summed E-state index contributed by atoms with van der Waals surface area (Å²) in [6.07, 6.45) is 1.26. The molecular formula is C28H17BrO5. The average molecular weight is 513 g/mol. The molecule has 0 bridgehead atoms. The van der Waals surface area contributed by atoms with Gasteiger partial charge in [0.1, 0.15) is 23.3 Å². The maximum absolute atomic E-state index is 12.9. The van der Waals surface area contributed by atoms with Crippen LogP contribution in [0.25, 0.3) is 22.1 Å². The van der Waals surface area contributed by atoms with Crippen LogP contribution in [0.4, 0.5) is 0 Å².